The fraction of sp³-hybridized carbons (Fsp3) is 0.350. The first-order chi connectivity index (χ1) is 12.9. The fourth-order valence-electron chi connectivity index (χ4n) is 2.33. The maximum absolute atomic E-state index is 12.5. The van der Waals surface area contributed by atoms with Gasteiger partial charge >= 0.3 is 0 Å². The summed E-state index contributed by atoms with van der Waals surface area (Å²) in [5, 5.41) is 15.0. The van der Waals surface area contributed by atoms with Crippen LogP contribution >= 0.6 is 0 Å². The number of rotatable bonds is 8. The Morgan fingerprint density at radius 2 is 1.85 bits per heavy atom. The maximum atomic E-state index is 12.5. The van der Waals surface area contributed by atoms with Gasteiger partial charge in [0.25, 0.3) is 5.91 Å². The van der Waals surface area contributed by atoms with Crippen molar-refractivity contribution in [1.29, 1.82) is 0 Å². The summed E-state index contributed by atoms with van der Waals surface area (Å²) in [5.41, 5.74) is 1.44. The van der Waals surface area contributed by atoms with Gasteiger partial charge in [-0.3, -0.25) is 14.6 Å². The smallest absolute Gasteiger partial charge is 0.272 e. The predicted octanol–water partition coefficient (Wildman–Crippen LogP) is 1.95. The Hall–Kier alpha value is -2.80. The normalized spacial score (nSPS) is 13.1. The second-order valence-electron chi connectivity index (χ2n) is 6.69. The van der Waals surface area contributed by atoms with Crippen molar-refractivity contribution in [1.82, 2.24) is 20.6 Å². The molecular weight excluding hydrogens is 344 g/mol. The number of nitrogens with one attached hydrogen (secondary N) is 2. The Morgan fingerprint density at radius 1 is 1.15 bits per heavy atom. The zero-order valence-corrected chi connectivity index (χ0v) is 15.7. The minimum atomic E-state index is -1.09. The molecule has 2 amide bonds. The zero-order chi connectivity index (χ0) is 19.8. The average molecular weight is 369 g/mol. The number of amides is 2. The van der Waals surface area contributed by atoms with Crippen molar-refractivity contribution < 1.29 is 14.7 Å². The van der Waals surface area contributed by atoms with Gasteiger partial charge in [0, 0.05) is 12.1 Å². The highest BCUT2D eigenvalue weighted by atomic mass is 16.3. The highest BCUT2D eigenvalue weighted by Gasteiger charge is 2.26. The summed E-state index contributed by atoms with van der Waals surface area (Å²) in [6, 6.07) is 8.25. The number of benzene rings is 1. The van der Waals surface area contributed by atoms with Crippen LogP contribution in [0.2, 0.25) is 0 Å². The van der Waals surface area contributed by atoms with Crippen molar-refractivity contribution in [3.05, 3.63) is 55.0 Å². The Kier molecular flexibility index (Phi) is 7.43. The molecule has 0 aliphatic heterocycles. The van der Waals surface area contributed by atoms with E-state index in [1.54, 1.807) is 12.7 Å². The van der Waals surface area contributed by atoms with Crippen LogP contribution in [0.25, 0.3) is 11.3 Å². The van der Waals surface area contributed by atoms with E-state index in [0.29, 0.717) is 18.0 Å². The van der Waals surface area contributed by atoms with E-state index in [0.717, 1.165) is 5.56 Å². The summed E-state index contributed by atoms with van der Waals surface area (Å²) < 4.78 is 0. The Balaban J connectivity index is 2.08. The number of hydrogen-bond donors (Lipinski definition) is 3. The molecule has 3 N–H and O–H groups in total. The van der Waals surface area contributed by atoms with Gasteiger partial charge in [0.1, 0.15) is 11.7 Å². The van der Waals surface area contributed by atoms with Crippen LogP contribution in [0.5, 0.6) is 0 Å². The average Bonchev–Trinajstić information content (AvgIpc) is 2.66. The molecule has 0 fully saturated rings. The quantitative estimate of drug-likeness (QED) is 0.660. The number of carbonyl (C=O) groups excluding carboxylic acids is 2. The van der Waals surface area contributed by atoms with Gasteiger partial charge in [-0.25, -0.2) is 4.98 Å². The molecule has 1 aromatic heterocycles. The van der Waals surface area contributed by atoms with Crippen LogP contribution < -0.4 is 10.6 Å². The van der Waals surface area contributed by atoms with E-state index in [-0.39, 0.29) is 5.69 Å². The van der Waals surface area contributed by atoms with Crippen molar-refractivity contribution in [2.45, 2.75) is 39.3 Å². The van der Waals surface area contributed by atoms with Crippen LogP contribution in [-0.2, 0) is 4.79 Å². The zero-order valence-electron chi connectivity index (χ0n) is 15.7. The monoisotopic (exact) mass is 369 g/mol. The highest BCUT2D eigenvalue weighted by molar-refractivity contribution is 5.96. The molecule has 2 rings (SSSR count). The molecule has 2 atom stereocenters. The van der Waals surface area contributed by atoms with E-state index < -0.39 is 24.0 Å². The largest absolute Gasteiger partial charge is 0.391 e. The Morgan fingerprint density at radius 3 is 2.48 bits per heavy atom. The molecule has 27 heavy (non-hydrogen) atoms. The van der Waals surface area contributed by atoms with Crippen molar-refractivity contribution in [3.8, 4) is 11.3 Å². The van der Waals surface area contributed by atoms with Crippen LogP contribution in [0.15, 0.2) is 42.7 Å². The topological polar surface area (TPSA) is 104 Å². The SMILES string of the molecule is CC(C)C[CH]NC(=O)[C@@H](NC(=O)c1cncc(-c2ccccc2)n1)[C@@H](C)O. The lowest BCUT2D eigenvalue weighted by atomic mass is 10.1. The van der Waals surface area contributed by atoms with Gasteiger partial charge in [0.2, 0.25) is 5.91 Å². The maximum Gasteiger partial charge on any atom is 0.272 e. The minimum Gasteiger partial charge on any atom is -0.391 e. The van der Waals surface area contributed by atoms with Crippen LogP contribution in [0.1, 0.15) is 37.7 Å². The molecule has 0 saturated carbocycles. The van der Waals surface area contributed by atoms with E-state index in [2.05, 4.69) is 20.6 Å². The standard InChI is InChI=1S/C20H25N4O3/c1-13(2)9-10-22-20(27)18(14(3)25)24-19(26)17-12-21-11-16(23-17)15-7-5-4-6-8-15/h4-8,10-14,18,25H,9H2,1-3H3,(H,22,27)(H,24,26)/t14-,18+/m1/s1. The molecule has 0 saturated heterocycles. The summed E-state index contributed by atoms with van der Waals surface area (Å²) in [6.45, 7) is 7.12. The lowest BCUT2D eigenvalue weighted by Crippen LogP contribution is -2.52. The third-order valence-electron chi connectivity index (χ3n) is 3.82. The molecule has 1 aromatic carbocycles. The molecule has 7 heteroatoms. The number of aliphatic hydroxyl groups is 1. The third kappa shape index (κ3) is 6.14. The van der Waals surface area contributed by atoms with Crippen LogP contribution in [0.4, 0.5) is 0 Å². The molecule has 143 valence electrons. The molecule has 0 spiro atoms. The number of hydrogen-bond acceptors (Lipinski definition) is 5. The first kappa shape index (κ1) is 20.5. The van der Waals surface area contributed by atoms with E-state index >= 15 is 0 Å². The molecule has 0 unspecified atom stereocenters. The first-order valence-electron chi connectivity index (χ1n) is 8.87. The highest BCUT2D eigenvalue weighted by Crippen LogP contribution is 2.15. The molecule has 1 heterocycles. The fourth-order valence-corrected chi connectivity index (χ4v) is 2.33. The van der Waals surface area contributed by atoms with Gasteiger partial charge in [-0.15, -0.1) is 0 Å². The molecule has 0 aliphatic carbocycles. The van der Waals surface area contributed by atoms with E-state index in [1.807, 2.05) is 44.2 Å². The molecule has 7 nitrogen and oxygen atoms in total. The molecular formula is C20H25N4O3. The van der Waals surface area contributed by atoms with E-state index in [9.17, 15) is 14.7 Å². The van der Waals surface area contributed by atoms with Crippen LogP contribution in [0, 0.1) is 12.5 Å². The molecule has 0 bridgehead atoms. The van der Waals surface area contributed by atoms with Gasteiger partial charge in [0.15, 0.2) is 0 Å². The Labute approximate surface area is 159 Å². The van der Waals surface area contributed by atoms with E-state index in [4.69, 9.17) is 0 Å². The van der Waals surface area contributed by atoms with Crippen molar-refractivity contribution in [3.63, 3.8) is 0 Å². The second kappa shape index (κ2) is 9.78. The summed E-state index contributed by atoms with van der Waals surface area (Å²) in [6.07, 6.45) is 2.51. The first-order valence-corrected chi connectivity index (χ1v) is 8.87. The van der Waals surface area contributed by atoms with Gasteiger partial charge in [-0.1, -0.05) is 44.2 Å². The molecule has 2 aromatic rings. The van der Waals surface area contributed by atoms with Crippen molar-refractivity contribution in [2.24, 2.45) is 5.92 Å². The van der Waals surface area contributed by atoms with Crippen molar-refractivity contribution in [2.75, 3.05) is 0 Å². The van der Waals surface area contributed by atoms with Gasteiger partial charge in [-0.05, 0) is 19.3 Å². The molecule has 1 radical (unpaired) electrons. The van der Waals surface area contributed by atoms with Gasteiger partial charge < -0.3 is 15.7 Å². The predicted molar refractivity (Wildman–Crippen MR) is 102 cm³/mol. The number of carbonyl (C=O) groups is 2. The lowest BCUT2D eigenvalue weighted by Gasteiger charge is -2.20. The summed E-state index contributed by atoms with van der Waals surface area (Å²) in [4.78, 5) is 33.1. The van der Waals surface area contributed by atoms with Crippen LogP contribution in [0.3, 0.4) is 0 Å². The summed E-state index contributed by atoms with van der Waals surface area (Å²) in [7, 11) is 0. The third-order valence-corrected chi connectivity index (χ3v) is 3.82. The van der Waals surface area contributed by atoms with Crippen molar-refractivity contribution >= 4 is 11.8 Å². The minimum absolute atomic E-state index is 0.0703. The Bertz CT molecular complexity index is 763. The number of aromatic nitrogens is 2. The molecule has 0 aliphatic rings. The summed E-state index contributed by atoms with van der Waals surface area (Å²) in [5.74, 6) is -0.669. The number of aliphatic hydroxyl groups excluding tert-OH is 1. The van der Waals surface area contributed by atoms with Crippen LogP contribution in [-0.4, -0.2) is 39.0 Å². The number of nitrogens with zero attached hydrogens (tertiary/aromatic N) is 2. The van der Waals surface area contributed by atoms with Gasteiger partial charge in [0.05, 0.1) is 24.2 Å². The summed E-state index contributed by atoms with van der Waals surface area (Å²) >= 11 is 0. The van der Waals surface area contributed by atoms with E-state index in [1.165, 1.54) is 13.1 Å². The second-order valence-corrected chi connectivity index (χ2v) is 6.69. The van der Waals surface area contributed by atoms with Gasteiger partial charge in [-0.2, -0.15) is 0 Å². The lowest BCUT2D eigenvalue weighted by molar-refractivity contribution is -0.124.